The average molecular weight is 329 g/mol. The van der Waals surface area contributed by atoms with Crippen molar-refractivity contribution >= 4 is 23.2 Å². The van der Waals surface area contributed by atoms with Gasteiger partial charge in [-0.1, -0.05) is 37.6 Å². The van der Waals surface area contributed by atoms with Gasteiger partial charge in [-0.05, 0) is 30.0 Å². The molecular weight excluding hydrogens is 312 g/mol. The summed E-state index contributed by atoms with van der Waals surface area (Å²) in [5, 5.41) is 14.6. The second kappa shape index (κ2) is 5.73. The SMILES string of the molecule is Cc1ccc(C2=C(C(C)C)C(=O)N3NCC(C#N)=C3N2)cc1Cl. The number of aryl methyl sites for hydroxylation is 1. The van der Waals surface area contributed by atoms with E-state index in [9.17, 15) is 10.1 Å². The van der Waals surface area contributed by atoms with Crippen molar-refractivity contribution in [3.63, 3.8) is 0 Å². The van der Waals surface area contributed by atoms with Gasteiger partial charge in [-0.3, -0.25) is 4.79 Å². The molecule has 6 heteroatoms. The molecule has 0 fully saturated rings. The van der Waals surface area contributed by atoms with Crippen LogP contribution in [0, 0.1) is 24.2 Å². The Hall–Kier alpha value is -2.29. The van der Waals surface area contributed by atoms with Crippen LogP contribution in [0.2, 0.25) is 5.02 Å². The number of halogens is 1. The van der Waals surface area contributed by atoms with E-state index in [0.717, 1.165) is 16.8 Å². The third-order valence-electron chi connectivity index (χ3n) is 4.04. The van der Waals surface area contributed by atoms with Gasteiger partial charge >= 0.3 is 0 Å². The first-order valence-corrected chi connectivity index (χ1v) is 7.80. The van der Waals surface area contributed by atoms with E-state index in [2.05, 4.69) is 16.8 Å². The van der Waals surface area contributed by atoms with E-state index in [1.807, 2.05) is 39.0 Å². The highest BCUT2D eigenvalue weighted by Gasteiger charge is 2.37. The van der Waals surface area contributed by atoms with Crippen LogP contribution >= 0.6 is 11.6 Å². The minimum Gasteiger partial charge on any atom is -0.339 e. The number of carbonyl (C=O) groups is 1. The first kappa shape index (κ1) is 15.6. The molecule has 0 saturated heterocycles. The lowest BCUT2D eigenvalue weighted by molar-refractivity contribution is -0.128. The maximum absolute atomic E-state index is 12.8. The lowest BCUT2D eigenvalue weighted by atomic mass is 9.94. The van der Waals surface area contributed by atoms with Gasteiger partial charge in [0.1, 0.15) is 5.82 Å². The van der Waals surface area contributed by atoms with Gasteiger partial charge in [-0.15, -0.1) is 0 Å². The summed E-state index contributed by atoms with van der Waals surface area (Å²) >= 11 is 6.24. The third-order valence-corrected chi connectivity index (χ3v) is 4.45. The summed E-state index contributed by atoms with van der Waals surface area (Å²) in [5.41, 5.74) is 6.67. The van der Waals surface area contributed by atoms with Crippen LogP contribution in [0.5, 0.6) is 0 Å². The Morgan fingerprint density at radius 2 is 2.13 bits per heavy atom. The van der Waals surface area contributed by atoms with Gasteiger partial charge in [-0.25, -0.2) is 10.4 Å². The van der Waals surface area contributed by atoms with Gasteiger partial charge in [0.2, 0.25) is 0 Å². The second-order valence-corrected chi connectivity index (χ2v) is 6.35. The minimum absolute atomic E-state index is 0.0274. The molecule has 118 valence electrons. The number of hydrogen-bond acceptors (Lipinski definition) is 4. The molecule has 0 aliphatic carbocycles. The first-order chi connectivity index (χ1) is 10.9. The summed E-state index contributed by atoms with van der Waals surface area (Å²) in [6.07, 6.45) is 0. The number of rotatable bonds is 2. The Bertz CT molecular complexity index is 801. The van der Waals surface area contributed by atoms with Crippen molar-refractivity contribution in [1.29, 1.82) is 5.26 Å². The number of fused-ring (bicyclic) bond motifs is 1. The summed E-state index contributed by atoms with van der Waals surface area (Å²) in [4.78, 5) is 12.8. The number of hydrazine groups is 1. The topological polar surface area (TPSA) is 68.2 Å². The molecule has 2 heterocycles. The highest BCUT2D eigenvalue weighted by atomic mass is 35.5. The maximum atomic E-state index is 12.8. The van der Waals surface area contributed by atoms with Crippen LogP contribution in [0.25, 0.3) is 5.70 Å². The molecule has 0 radical (unpaired) electrons. The van der Waals surface area contributed by atoms with Crippen LogP contribution in [0.4, 0.5) is 0 Å². The molecule has 0 aromatic heterocycles. The normalized spacial score (nSPS) is 17.6. The number of hydrogen-bond donors (Lipinski definition) is 2. The van der Waals surface area contributed by atoms with Crippen molar-refractivity contribution in [2.75, 3.05) is 6.54 Å². The number of nitriles is 1. The number of nitrogens with zero attached hydrogens (tertiary/aromatic N) is 2. The lowest BCUT2D eigenvalue weighted by Crippen LogP contribution is -2.47. The monoisotopic (exact) mass is 328 g/mol. The van der Waals surface area contributed by atoms with Crippen LogP contribution in [0.1, 0.15) is 25.0 Å². The molecule has 1 aromatic carbocycles. The van der Waals surface area contributed by atoms with Crippen LogP contribution in [0.15, 0.2) is 35.2 Å². The molecule has 0 saturated carbocycles. The Morgan fingerprint density at radius 3 is 2.74 bits per heavy atom. The van der Waals surface area contributed by atoms with Gasteiger partial charge < -0.3 is 5.32 Å². The Balaban J connectivity index is 2.19. The molecule has 5 nitrogen and oxygen atoms in total. The summed E-state index contributed by atoms with van der Waals surface area (Å²) < 4.78 is 0. The van der Waals surface area contributed by atoms with E-state index >= 15 is 0 Å². The Labute approximate surface area is 140 Å². The number of carbonyl (C=O) groups excluding carboxylic acids is 1. The zero-order valence-corrected chi connectivity index (χ0v) is 14.0. The zero-order valence-electron chi connectivity index (χ0n) is 13.2. The summed E-state index contributed by atoms with van der Waals surface area (Å²) in [7, 11) is 0. The number of benzene rings is 1. The second-order valence-electron chi connectivity index (χ2n) is 5.95. The predicted octanol–water partition coefficient (Wildman–Crippen LogP) is 2.70. The highest BCUT2D eigenvalue weighted by Crippen LogP contribution is 2.33. The molecular formula is C17H17ClN4O. The van der Waals surface area contributed by atoms with Crippen LogP contribution in [-0.2, 0) is 4.79 Å². The molecule has 0 unspecified atom stereocenters. The van der Waals surface area contributed by atoms with Crippen molar-refractivity contribution < 1.29 is 4.79 Å². The van der Waals surface area contributed by atoms with E-state index in [4.69, 9.17) is 11.6 Å². The summed E-state index contributed by atoms with van der Waals surface area (Å²) in [6, 6.07) is 7.84. The van der Waals surface area contributed by atoms with Crippen molar-refractivity contribution in [2.45, 2.75) is 20.8 Å². The van der Waals surface area contributed by atoms with Crippen molar-refractivity contribution in [3.05, 3.63) is 51.3 Å². The highest BCUT2D eigenvalue weighted by molar-refractivity contribution is 6.31. The fraction of sp³-hybridized carbons (Fsp3) is 0.294. The van der Waals surface area contributed by atoms with E-state index < -0.39 is 0 Å². The molecule has 2 aliphatic heterocycles. The van der Waals surface area contributed by atoms with Gasteiger partial charge in [0.25, 0.3) is 5.91 Å². The van der Waals surface area contributed by atoms with Gasteiger partial charge in [0.05, 0.1) is 23.9 Å². The fourth-order valence-electron chi connectivity index (χ4n) is 2.78. The third kappa shape index (κ3) is 2.50. The summed E-state index contributed by atoms with van der Waals surface area (Å²) in [6.45, 7) is 6.22. The van der Waals surface area contributed by atoms with E-state index in [-0.39, 0.29) is 11.8 Å². The first-order valence-electron chi connectivity index (χ1n) is 7.43. The number of nitrogens with one attached hydrogen (secondary N) is 2. The molecule has 2 N–H and O–H groups in total. The molecule has 0 bridgehead atoms. The Kier molecular flexibility index (Phi) is 3.88. The largest absolute Gasteiger partial charge is 0.339 e. The molecule has 0 atom stereocenters. The van der Waals surface area contributed by atoms with E-state index in [0.29, 0.717) is 28.5 Å². The van der Waals surface area contributed by atoms with Crippen LogP contribution in [0.3, 0.4) is 0 Å². The van der Waals surface area contributed by atoms with Crippen LogP contribution < -0.4 is 10.7 Å². The van der Waals surface area contributed by atoms with Crippen molar-refractivity contribution in [3.8, 4) is 6.07 Å². The molecule has 1 aromatic rings. The van der Waals surface area contributed by atoms with Gasteiger partial charge in [0.15, 0.2) is 0 Å². The smallest absolute Gasteiger partial charge is 0.272 e. The fourth-order valence-corrected chi connectivity index (χ4v) is 2.96. The molecule has 3 rings (SSSR count). The van der Waals surface area contributed by atoms with Crippen molar-refractivity contribution in [2.24, 2.45) is 5.92 Å². The lowest BCUT2D eigenvalue weighted by Gasteiger charge is -2.32. The van der Waals surface area contributed by atoms with Gasteiger partial charge in [0, 0.05) is 10.6 Å². The standard InChI is InChI=1S/C17H17ClN4O/c1-9(2)14-15(11-5-4-10(3)13(18)6-11)21-16-12(7-19)8-20-22(16)17(14)23/h4-6,9,20-21H,8H2,1-3H3. The van der Waals surface area contributed by atoms with Crippen molar-refractivity contribution in [1.82, 2.24) is 15.8 Å². The molecule has 2 aliphatic rings. The van der Waals surface area contributed by atoms with E-state index in [1.54, 1.807) is 0 Å². The molecule has 1 amide bonds. The number of amides is 1. The maximum Gasteiger partial charge on any atom is 0.272 e. The minimum atomic E-state index is -0.134. The van der Waals surface area contributed by atoms with Crippen LogP contribution in [-0.4, -0.2) is 17.5 Å². The average Bonchev–Trinajstić information content (AvgIpc) is 2.92. The predicted molar refractivity (Wildman–Crippen MR) is 88.6 cm³/mol. The Morgan fingerprint density at radius 1 is 1.39 bits per heavy atom. The quantitative estimate of drug-likeness (QED) is 0.876. The molecule has 0 spiro atoms. The molecule has 23 heavy (non-hydrogen) atoms. The zero-order chi connectivity index (χ0) is 16.7. The summed E-state index contributed by atoms with van der Waals surface area (Å²) in [5.74, 6) is 0.402. The van der Waals surface area contributed by atoms with E-state index in [1.165, 1.54) is 5.01 Å². The van der Waals surface area contributed by atoms with Gasteiger partial charge in [-0.2, -0.15) is 5.26 Å².